The van der Waals surface area contributed by atoms with E-state index in [9.17, 15) is 4.79 Å². The van der Waals surface area contributed by atoms with Gasteiger partial charge >= 0.3 is 5.76 Å². The van der Waals surface area contributed by atoms with Crippen LogP contribution in [0.25, 0.3) is 11.1 Å². The average Bonchev–Trinajstić information content (AvgIpc) is 2.80. The highest BCUT2D eigenvalue weighted by Gasteiger charge is 2.16. The molecule has 0 N–H and O–H groups in total. The van der Waals surface area contributed by atoms with Gasteiger partial charge in [0.25, 0.3) is 0 Å². The van der Waals surface area contributed by atoms with E-state index in [2.05, 4.69) is 13.0 Å². The predicted octanol–water partition coefficient (Wildman–Crippen LogP) is 4.02. The molecule has 21 heavy (non-hydrogen) atoms. The first-order chi connectivity index (χ1) is 10.1. The summed E-state index contributed by atoms with van der Waals surface area (Å²) < 4.78 is 6.72. The lowest BCUT2D eigenvalue weighted by atomic mass is 9.97. The van der Waals surface area contributed by atoms with Gasteiger partial charge in [-0.2, -0.15) is 0 Å². The second kappa shape index (κ2) is 5.41. The maximum atomic E-state index is 11.6. The molecule has 0 spiro atoms. The summed E-state index contributed by atoms with van der Waals surface area (Å²) in [6.45, 7) is 2.11. The molecule has 108 valence electrons. The minimum Gasteiger partial charge on any atom is -0.408 e. The Balaban J connectivity index is 2.09. The Labute approximate surface area is 127 Å². The van der Waals surface area contributed by atoms with Crippen molar-refractivity contribution in [3.05, 3.63) is 69.7 Å². The molecule has 0 radical (unpaired) electrons. The number of hydrogen-bond donors (Lipinski definition) is 0. The zero-order chi connectivity index (χ0) is 15.0. The molecule has 0 bridgehead atoms. The van der Waals surface area contributed by atoms with E-state index in [1.54, 1.807) is 7.05 Å². The second-order valence-corrected chi connectivity index (χ2v) is 5.51. The van der Waals surface area contributed by atoms with Crippen LogP contribution in [-0.2, 0) is 13.5 Å². The van der Waals surface area contributed by atoms with Crippen molar-refractivity contribution in [2.24, 2.45) is 7.05 Å². The van der Waals surface area contributed by atoms with Crippen LogP contribution in [0.1, 0.15) is 29.0 Å². The number of hydrogen-bond acceptors (Lipinski definition) is 2. The molecule has 0 aliphatic carbocycles. The molecule has 3 aromatic rings. The predicted molar refractivity (Wildman–Crippen MR) is 85.0 cm³/mol. The molecule has 0 fully saturated rings. The van der Waals surface area contributed by atoms with Crippen molar-refractivity contribution in [2.75, 3.05) is 0 Å². The first-order valence-electron chi connectivity index (χ1n) is 6.93. The Hall–Kier alpha value is -2.00. The van der Waals surface area contributed by atoms with Crippen molar-refractivity contribution in [2.45, 2.75) is 18.7 Å². The first-order valence-corrected chi connectivity index (χ1v) is 7.36. The Morgan fingerprint density at radius 1 is 1.24 bits per heavy atom. The van der Waals surface area contributed by atoms with E-state index in [0.717, 1.165) is 23.1 Å². The molecule has 0 saturated carbocycles. The highest BCUT2D eigenvalue weighted by atomic mass is 35.5. The summed E-state index contributed by atoms with van der Waals surface area (Å²) in [5.41, 5.74) is 4.60. The summed E-state index contributed by atoms with van der Waals surface area (Å²) in [4.78, 5) is 11.6. The minimum atomic E-state index is -0.359. The molecule has 4 heteroatoms. The van der Waals surface area contributed by atoms with Gasteiger partial charge in [0.15, 0.2) is 5.58 Å². The third kappa shape index (κ3) is 2.38. The van der Waals surface area contributed by atoms with E-state index in [0.29, 0.717) is 5.58 Å². The van der Waals surface area contributed by atoms with Crippen molar-refractivity contribution < 1.29 is 4.42 Å². The second-order valence-electron chi connectivity index (χ2n) is 5.07. The van der Waals surface area contributed by atoms with Gasteiger partial charge in [0.2, 0.25) is 0 Å². The number of oxazole rings is 1. The lowest BCUT2D eigenvalue weighted by Gasteiger charge is -2.14. The number of aromatic nitrogens is 1. The number of halogens is 1. The van der Waals surface area contributed by atoms with E-state index in [1.807, 2.05) is 36.4 Å². The molecule has 1 aromatic heterocycles. The van der Waals surface area contributed by atoms with Crippen LogP contribution in [0.15, 0.2) is 51.7 Å². The number of benzene rings is 2. The lowest BCUT2D eigenvalue weighted by Crippen LogP contribution is -2.08. The van der Waals surface area contributed by atoms with Crippen LogP contribution >= 0.6 is 11.6 Å². The molecule has 0 amide bonds. The zero-order valence-electron chi connectivity index (χ0n) is 12.0. The molecule has 2 aromatic carbocycles. The van der Waals surface area contributed by atoms with E-state index in [-0.39, 0.29) is 11.1 Å². The van der Waals surface area contributed by atoms with Gasteiger partial charge < -0.3 is 4.42 Å². The van der Waals surface area contributed by atoms with Crippen molar-refractivity contribution in [3.8, 4) is 0 Å². The molecule has 3 rings (SSSR count). The summed E-state index contributed by atoms with van der Waals surface area (Å²) in [5, 5.41) is -0.254. The number of fused-ring (bicyclic) bond motifs is 1. The van der Waals surface area contributed by atoms with Crippen molar-refractivity contribution in [1.82, 2.24) is 4.57 Å². The molecule has 0 aliphatic rings. The monoisotopic (exact) mass is 301 g/mol. The fourth-order valence-corrected chi connectivity index (χ4v) is 2.94. The van der Waals surface area contributed by atoms with Crippen molar-refractivity contribution in [3.63, 3.8) is 0 Å². The molecular weight excluding hydrogens is 286 g/mol. The van der Waals surface area contributed by atoms with Crippen LogP contribution in [0.4, 0.5) is 0 Å². The van der Waals surface area contributed by atoms with Crippen LogP contribution in [0, 0.1) is 0 Å². The molecule has 3 nitrogen and oxygen atoms in total. The van der Waals surface area contributed by atoms with Crippen molar-refractivity contribution in [1.29, 1.82) is 0 Å². The normalized spacial score (nSPS) is 12.7. The zero-order valence-corrected chi connectivity index (χ0v) is 12.7. The topological polar surface area (TPSA) is 35.1 Å². The highest BCUT2D eigenvalue weighted by Crippen LogP contribution is 2.32. The van der Waals surface area contributed by atoms with Crippen LogP contribution in [0.3, 0.4) is 0 Å². The maximum absolute atomic E-state index is 11.6. The van der Waals surface area contributed by atoms with Gasteiger partial charge in [-0.15, -0.1) is 11.6 Å². The quantitative estimate of drug-likeness (QED) is 0.685. The molecule has 1 unspecified atom stereocenters. The Bertz CT molecular complexity index is 847. The number of rotatable bonds is 3. The Morgan fingerprint density at radius 3 is 2.76 bits per heavy atom. The van der Waals surface area contributed by atoms with Gasteiger partial charge in [-0.3, -0.25) is 4.57 Å². The molecular formula is C17H16ClNO2. The van der Waals surface area contributed by atoms with Gasteiger partial charge in [0.05, 0.1) is 10.9 Å². The lowest BCUT2D eigenvalue weighted by molar-refractivity contribution is 0.528. The summed E-state index contributed by atoms with van der Waals surface area (Å²) in [7, 11) is 1.69. The fourth-order valence-electron chi connectivity index (χ4n) is 2.59. The molecule has 1 atom stereocenters. The first kappa shape index (κ1) is 14.0. The van der Waals surface area contributed by atoms with Gasteiger partial charge in [-0.25, -0.2) is 4.79 Å². The van der Waals surface area contributed by atoms with Gasteiger partial charge in [0.1, 0.15) is 0 Å². The van der Waals surface area contributed by atoms with Crippen molar-refractivity contribution >= 4 is 22.7 Å². The summed E-state index contributed by atoms with van der Waals surface area (Å²) in [6.07, 6.45) is 0.933. The standard InChI is InChI=1S/C17H16ClNO2/c1-3-11-6-4-5-7-13(11)16(18)12-8-9-14-15(10-12)21-17(20)19(14)2/h4-10,16H,3H2,1-2H3. The van der Waals surface area contributed by atoms with E-state index in [4.69, 9.17) is 16.0 Å². The van der Waals surface area contributed by atoms with E-state index in [1.165, 1.54) is 10.1 Å². The number of nitrogens with zero attached hydrogens (tertiary/aromatic N) is 1. The summed E-state index contributed by atoms with van der Waals surface area (Å²) in [5.74, 6) is -0.359. The van der Waals surface area contributed by atoms with Crippen LogP contribution in [0.5, 0.6) is 0 Å². The maximum Gasteiger partial charge on any atom is 0.419 e. The Morgan fingerprint density at radius 2 is 2.00 bits per heavy atom. The van der Waals surface area contributed by atoms with E-state index < -0.39 is 0 Å². The third-order valence-electron chi connectivity index (χ3n) is 3.82. The van der Waals surface area contributed by atoms with Gasteiger partial charge in [-0.05, 0) is 35.2 Å². The SMILES string of the molecule is CCc1ccccc1C(Cl)c1ccc2c(c1)oc(=O)n2C. The highest BCUT2D eigenvalue weighted by molar-refractivity contribution is 6.22. The van der Waals surface area contributed by atoms with E-state index >= 15 is 0 Å². The summed E-state index contributed by atoms with van der Waals surface area (Å²) in [6, 6.07) is 13.8. The number of alkyl halides is 1. The Kier molecular flexibility index (Phi) is 3.60. The van der Waals surface area contributed by atoms with Crippen LogP contribution < -0.4 is 5.76 Å². The fraction of sp³-hybridized carbons (Fsp3) is 0.235. The van der Waals surface area contributed by atoms with Crippen LogP contribution in [0.2, 0.25) is 0 Å². The van der Waals surface area contributed by atoms with Gasteiger partial charge in [-0.1, -0.05) is 37.3 Å². The van der Waals surface area contributed by atoms with Crippen LogP contribution in [-0.4, -0.2) is 4.57 Å². The van der Waals surface area contributed by atoms with Gasteiger partial charge in [0, 0.05) is 7.05 Å². The molecule has 0 saturated heterocycles. The average molecular weight is 302 g/mol. The third-order valence-corrected chi connectivity index (χ3v) is 4.31. The smallest absolute Gasteiger partial charge is 0.408 e. The largest absolute Gasteiger partial charge is 0.419 e. The number of aryl methyl sites for hydroxylation is 2. The molecule has 1 heterocycles. The minimum absolute atomic E-state index is 0.254. The summed E-state index contributed by atoms with van der Waals surface area (Å²) >= 11 is 6.64. The molecule has 0 aliphatic heterocycles.